The van der Waals surface area contributed by atoms with Gasteiger partial charge in [-0.05, 0) is 99.6 Å². The minimum Gasteiger partial charge on any atom is -0.507 e. The molecule has 0 spiro atoms. The third-order valence-corrected chi connectivity index (χ3v) is 9.17. The number of ether oxygens (including phenoxy) is 2. The molecule has 0 saturated heterocycles. The molecule has 5 heteroatoms. The summed E-state index contributed by atoms with van der Waals surface area (Å²) in [6.07, 6.45) is 14.1. The van der Waals surface area contributed by atoms with E-state index < -0.39 is 0 Å². The van der Waals surface area contributed by atoms with Gasteiger partial charge in [0, 0.05) is 16.8 Å². The second-order valence-electron chi connectivity index (χ2n) is 13.4. The molecule has 0 aliphatic carbocycles. The molecule has 228 valence electrons. The molecule has 1 amide bonds. The Balaban J connectivity index is 1.53. The van der Waals surface area contributed by atoms with E-state index in [9.17, 15) is 9.90 Å². The molecular weight excluding hydrogens is 510 g/mol. The zero-order chi connectivity index (χ0) is 30.0. The highest BCUT2D eigenvalue weighted by molar-refractivity contribution is 5.71. The highest BCUT2D eigenvalue weighted by Crippen LogP contribution is 2.45. The highest BCUT2D eigenvalue weighted by atomic mass is 16.5. The lowest BCUT2D eigenvalue weighted by Crippen LogP contribution is -2.37. The van der Waals surface area contributed by atoms with Crippen molar-refractivity contribution in [2.24, 2.45) is 17.8 Å². The number of fused-ring (bicyclic) bond motifs is 1. The lowest BCUT2D eigenvalue weighted by atomic mass is 9.83. The maximum absolute atomic E-state index is 11.0. The number of phenols is 1. The van der Waals surface area contributed by atoms with Gasteiger partial charge in [0.15, 0.2) is 0 Å². The van der Waals surface area contributed by atoms with Crippen molar-refractivity contribution in [2.45, 2.75) is 131 Å². The van der Waals surface area contributed by atoms with E-state index in [1.807, 2.05) is 19.1 Å². The second kappa shape index (κ2) is 15.5. The Bertz CT molecular complexity index is 1110. The average molecular weight is 566 g/mol. The molecule has 2 aromatic rings. The van der Waals surface area contributed by atoms with Crippen LogP contribution in [0, 0.1) is 31.6 Å². The van der Waals surface area contributed by atoms with Crippen LogP contribution >= 0.6 is 0 Å². The molecule has 1 heterocycles. The number of anilines is 1. The average Bonchev–Trinajstić information content (AvgIpc) is 2.93. The highest BCUT2D eigenvalue weighted by Gasteiger charge is 2.35. The smallest absolute Gasteiger partial charge is 0.211 e. The van der Waals surface area contributed by atoms with Crippen LogP contribution in [0.25, 0.3) is 0 Å². The summed E-state index contributed by atoms with van der Waals surface area (Å²) in [5.74, 6) is 4.34. The fourth-order valence-corrected chi connectivity index (χ4v) is 6.17. The van der Waals surface area contributed by atoms with Crippen molar-refractivity contribution in [1.29, 1.82) is 0 Å². The topological polar surface area (TPSA) is 67.8 Å². The second-order valence-corrected chi connectivity index (χ2v) is 13.4. The van der Waals surface area contributed by atoms with E-state index in [1.165, 1.54) is 51.4 Å². The van der Waals surface area contributed by atoms with Crippen molar-refractivity contribution < 1.29 is 19.4 Å². The van der Waals surface area contributed by atoms with Crippen molar-refractivity contribution in [2.75, 3.05) is 5.32 Å². The van der Waals surface area contributed by atoms with Gasteiger partial charge in [-0.2, -0.15) is 0 Å². The number of carbonyl (C=O) groups is 1. The van der Waals surface area contributed by atoms with Crippen LogP contribution < -0.4 is 14.8 Å². The van der Waals surface area contributed by atoms with E-state index in [0.29, 0.717) is 23.6 Å². The van der Waals surface area contributed by atoms with Gasteiger partial charge in [0.25, 0.3) is 0 Å². The molecule has 0 bridgehead atoms. The Labute approximate surface area is 249 Å². The molecule has 1 aliphatic heterocycles. The summed E-state index contributed by atoms with van der Waals surface area (Å²) in [6, 6.07) is 7.23. The number of rotatable bonds is 17. The predicted molar refractivity (Wildman–Crippen MR) is 170 cm³/mol. The van der Waals surface area contributed by atoms with E-state index in [2.05, 4.69) is 46.9 Å². The lowest BCUT2D eigenvalue weighted by Gasteiger charge is -2.38. The Morgan fingerprint density at radius 2 is 1.56 bits per heavy atom. The van der Waals surface area contributed by atoms with Crippen LogP contribution in [0.5, 0.6) is 17.2 Å². The summed E-state index contributed by atoms with van der Waals surface area (Å²) in [7, 11) is 0. The number of hydrogen-bond donors (Lipinski definition) is 2. The Kier molecular flexibility index (Phi) is 12.4. The first-order valence-electron chi connectivity index (χ1n) is 16.0. The van der Waals surface area contributed by atoms with E-state index >= 15 is 0 Å². The quantitative estimate of drug-likeness (QED) is 0.187. The van der Waals surface area contributed by atoms with Gasteiger partial charge in [-0.1, -0.05) is 72.6 Å². The van der Waals surface area contributed by atoms with Crippen LogP contribution in [0.2, 0.25) is 0 Å². The monoisotopic (exact) mass is 565 g/mol. The maximum atomic E-state index is 11.0. The number of benzene rings is 2. The van der Waals surface area contributed by atoms with Gasteiger partial charge in [-0.3, -0.25) is 4.79 Å². The molecule has 0 saturated carbocycles. The molecule has 5 nitrogen and oxygen atoms in total. The number of hydrogen-bond acceptors (Lipinski definition) is 4. The third-order valence-electron chi connectivity index (χ3n) is 9.17. The van der Waals surface area contributed by atoms with Crippen molar-refractivity contribution in [3.8, 4) is 17.2 Å². The normalized spacial score (nSPS) is 18.0. The lowest BCUT2D eigenvalue weighted by molar-refractivity contribution is -0.105. The van der Waals surface area contributed by atoms with Crippen molar-refractivity contribution in [3.05, 3.63) is 46.5 Å². The van der Waals surface area contributed by atoms with Gasteiger partial charge in [-0.25, -0.2) is 0 Å². The summed E-state index contributed by atoms with van der Waals surface area (Å²) < 4.78 is 12.8. The standard InChI is InChI=1S/C36H55NO4/c1-25(2)11-8-12-26(3)13-9-14-27(4)15-10-21-36(7)22-20-32-33(34(39)28(5)29(6)35(32)41-36)23-40-31-18-16-30(17-19-31)37-24-38/h16-19,24-27,39H,8-15,20-23H2,1-7H3,(H,37,38). The molecule has 2 N–H and O–H groups in total. The predicted octanol–water partition coefficient (Wildman–Crippen LogP) is 9.68. The van der Waals surface area contributed by atoms with Crippen molar-refractivity contribution in [3.63, 3.8) is 0 Å². The number of nitrogens with one attached hydrogen (secondary N) is 1. The van der Waals surface area contributed by atoms with Gasteiger partial charge in [0.1, 0.15) is 29.5 Å². The van der Waals surface area contributed by atoms with Gasteiger partial charge < -0.3 is 19.9 Å². The molecule has 3 unspecified atom stereocenters. The number of amides is 1. The van der Waals surface area contributed by atoms with E-state index in [0.717, 1.165) is 65.0 Å². The van der Waals surface area contributed by atoms with E-state index in [1.54, 1.807) is 12.1 Å². The molecular formula is C36H55NO4. The first-order chi connectivity index (χ1) is 19.5. The Morgan fingerprint density at radius 3 is 2.17 bits per heavy atom. The molecule has 0 aromatic heterocycles. The number of carbonyl (C=O) groups excluding carboxylic acids is 1. The molecule has 0 fully saturated rings. The first-order valence-corrected chi connectivity index (χ1v) is 16.0. The first kappa shape index (κ1) is 32.8. The summed E-state index contributed by atoms with van der Waals surface area (Å²) >= 11 is 0. The number of phenolic OH excluding ortho intramolecular Hbond substituents is 1. The van der Waals surface area contributed by atoms with Crippen LogP contribution in [0.3, 0.4) is 0 Å². The van der Waals surface area contributed by atoms with Gasteiger partial charge >= 0.3 is 0 Å². The fraction of sp³-hybridized carbons (Fsp3) is 0.639. The molecule has 41 heavy (non-hydrogen) atoms. The van der Waals surface area contributed by atoms with Crippen LogP contribution in [0.1, 0.15) is 121 Å². The van der Waals surface area contributed by atoms with E-state index in [4.69, 9.17) is 9.47 Å². The van der Waals surface area contributed by atoms with Crippen LogP contribution in [0.4, 0.5) is 5.69 Å². The van der Waals surface area contributed by atoms with Crippen molar-refractivity contribution >= 4 is 12.1 Å². The third kappa shape index (κ3) is 9.68. The number of aromatic hydroxyl groups is 1. The van der Waals surface area contributed by atoms with Crippen molar-refractivity contribution in [1.82, 2.24) is 0 Å². The van der Waals surface area contributed by atoms with Crippen LogP contribution in [-0.2, 0) is 17.8 Å². The SMILES string of the molecule is Cc1c(C)c2c(c(COc3ccc(NC=O)cc3)c1O)CCC(C)(CCCC(C)CCCC(C)CCCC(C)C)O2. The molecule has 3 rings (SSSR count). The fourth-order valence-electron chi connectivity index (χ4n) is 6.17. The minimum absolute atomic E-state index is 0.189. The zero-order valence-electron chi connectivity index (χ0n) is 26.8. The molecule has 0 radical (unpaired) electrons. The largest absolute Gasteiger partial charge is 0.507 e. The Morgan fingerprint density at radius 1 is 0.951 bits per heavy atom. The van der Waals surface area contributed by atoms with Gasteiger partial charge in [0.05, 0.1) is 0 Å². The summed E-state index contributed by atoms with van der Waals surface area (Å²) in [5.41, 5.74) is 4.27. The summed E-state index contributed by atoms with van der Waals surface area (Å²) in [6.45, 7) is 16.0. The molecule has 3 atom stereocenters. The van der Waals surface area contributed by atoms with Crippen LogP contribution in [0.15, 0.2) is 24.3 Å². The van der Waals surface area contributed by atoms with Gasteiger partial charge in [0.2, 0.25) is 6.41 Å². The summed E-state index contributed by atoms with van der Waals surface area (Å²) in [5, 5.41) is 13.7. The Hall–Kier alpha value is -2.69. The maximum Gasteiger partial charge on any atom is 0.211 e. The zero-order valence-corrected chi connectivity index (χ0v) is 26.8. The van der Waals surface area contributed by atoms with Crippen LogP contribution in [-0.4, -0.2) is 17.1 Å². The molecule has 2 aromatic carbocycles. The van der Waals surface area contributed by atoms with E-state index in [-0.39, 0.29) is 12.2 Å². The summed E-state index contributed by atoms with van der Waals surface area (Å²) in [4.78, 5) is 10.7. The molecule has 1 aliphatic rings. The van der Waals surface area contributed by atoms with Gasteiger partial charge in [-0.15, -0.1) is 0 Å². The minimum atomic E-state index is -0.189.